The zero-order valence-electron chi connectivity index (χ0n) is 8.10. The van der Waals surface area contributed by atoms with Crippen LogP contribution in [0.15, 0.2) is 30.5 Å². The molecule has 1 aromatic carbocycles. The molecular weight excluding hydrogens is 194 g/mol. The zero-order valence-corrected chi connectivity index (χ0v) is 8.10. The van der Waals surface area contributed by atoms with E-state index in [9.17, 15) is 4.79 Å². The fourth-order valence-electron chi connectivity index (χ4n) is 1.35. The van der Waals surface area contributed by atoms with Crippen molar-refractivity contribution >= 4 is 16.9 Å². The molecule has 4 nitrogen and oxygen atoms in total. The predicted octanol–water partition coefficient (Wildman–Crippen LogP) is 1.94. The van der Waals surface area contributed by atoms with Crippen LogP contribution in [-0.2, 0) is 0 Å². The van der Waals surface area contributed by atoms with Crippen LogP contribution in [0.1, 0.15) is 10.4 Å². The van der Waals surface area contributed by atoms with E-state index in [2.05, 4.69) is 4.98 Å². The Kier molecular flexibility index (Phi) is 2.25. The first-order valence-corrected chi connectivity index (χ1v) is 4.38. The van der Waals surface area contributed by atoms with Crippen LogP contribution in [-0.4, -0.2) is 23.2 Å². The summed E-state index contributed by atoms with van der Waals surface area (Å²) in [5, 5.41) is 9.65. The Labute approximate surface area is 86.1 Å². The maximum absolute atomic E-state index is 10.7. The Balaban J connectivity index is 2.59. The number of aromatic carboxylic acids is 1. The molecule has 0 amide bonds. The van der Waals surface area contributed by atoms with Crippen molar-refractivity contribution in [2.24, 2.45) is 0 Å². The minimum atomic E-state index is -0.950. The molecule has 0 spiro atoms. The average molecular weight is 203 g/mol. The topological polar surface area (TPSA) is 59.4 Å². The molecule has 4 heteroatoms. The molecule has 0 saturated heterocycles. The molecular formula is C11H9NO3. The van der Waals surface area contributed by atoms with Gasteiger partial charge >= 0.3 is 5.97 Å². The van der Waals surface area contributed by atoms with E-state index in [-0.39, 0.29) is 5.56 Å². The maximum Gasteiger partial charge on any atom is 0.335 e. The van der Waals surface area contributed by atoms with Gasteiger partial charge in [-0.2, -0.15) is 0 Å². The fraction of sp³-hybridized carbons (Fsp3) is 0.0909. The lowest BCUT2D eigenvalue weighted by Gasteiger charge is -2.02. The van der Waals surface area contributed by atoms with Crippen molar-refractivity contribution in [1.29, 1.82) is 0 Å². The second-order valence-electron chi connectivity index (χ2n) is 3.09. The summed E-state index contributed by atoms with van der Waals surface area (Å²) in [6.07, 6.45) is 1.56. The normalized spacial score (nSPS) is 10.2. The van der Waals surface area contributed by atoms with E-state index in [0.29, 0.717) is 11.3 Å². The van der Waals surface area contributed by atoms with Gasteiger partial charge in [0.1, 0.15) is 5.75 Å². The van der Waals surface area contributed by atoms with Gasteiger partial charge < -0.3 is 9.84 Å². The van der Waals surface area contributed by atoms with E-state index in [1.807, 2.05) is 6.07 Å². The lowest BCUT2D eigenvalue weighted by molar-refractivity contribution is 0.0697. The number of hydrogen-bond donors (Lipinski definition) is 1. The molecule has 0 saturated carbocycles. The highest BCUT2D eigenvalue weighted by Gasteiger charge is 2.04. The average Bonchev–Trinajstić information content (AvgIpc) is 2.27. The van der Waals surface area contributed by atoms with E-state index in [1.54, 1.807) is 25.4 Å². The van der Waals surface area contributed by atoms with Crippen LogP contribution in [0.25, 0.3) is 10.9 Å². The highest BCUT2D eigenvalue weighted by molar-refractivity contribution is 5.93. The Morgan fingerprint density at radius 3 is 2.87 bits per heavy atom. The lowest BCUT2D eigenvalue weighted by Crippen LogP contribution is -1.96. The number of pyridine rings is 1. The second kappa shape index (κ2) is 3.57. The van der Waals surface area contributed by atoms with E-state index < -0.39 is 5.97 Å². The van der Waals surface area contributed by atoms with Crippen LogP contribution in [0.4, 0.5) is 0 Å². The minimum Gasteiger partial charge on any atom is -0.495 e. The summed E-state index contributed by atoms with van der Waals surface area (Å²) >= 11 is 0. The molecule has 0 radical (unpaired) electrons. The first-order chi connectivity index (χ1) is 7.20. The molecule has 0 aliphatic carbocycles. The molecule has 0 unspecified atom stereocenters. The van der Waals surface area contributed by atoms with Crippen molar-refractivity contribution in [3.05, 3.63) is 36.0 Å². The quantitative estimate of drug-likeness (QED) is 0.810. The van der Waals surface area contributed by atoms with Crippen LogP contribution >= 0.6 is 0 Å². The molecule has 0 aliphatic rings. The standard InChI is InChI=1S/C11H9NO3/c1-15-9-4-7-2-3-8(11(13)14)5-10(7)12-6-9/h2-6H,1H3,(H,13,14). The first-order valence-electron chi connectivity index (χ1n) is 4.38. The molecule has 0 atom stereocenters. The lowest BCUT2D eigenvalue weighted by atomic mass is 10.1. The monoisotopic (exact) mass is 203 g/mol. The molecule has 76 valence electrons. The number of carboxylic acid groups (broad SMARTS) is 1. The summed E-state index contributed by atoms with van der Waals surface area (Å²) in [6, 6.07) is 6.62. The van der Waals surface area contributed by atoms with Crippen molar-refractivity contribution in [3.63, 3.8) is 0 Å². The Hall–Kier alpha value is -2.10. The smallest absolute Gasteiger partial charge is 0.335 e. The number of rotatable bonds is 2. The Bertz CT molecular complexity index is 522. The van der Waals surface area contributed by atoms with Gasteiger partial charge in [0, 0.05) is 5.39 Å². The zero-order chi connectivity index (χ0) is 10.8. The number of ether oxygens (including phenoxy) is 1. The summed E-state index contributed by atoms with van der Waals surface area (Å²) in [5.41, 5.74) is 0.885. The van der Waals surface area contributed by atoms with Gasteiger partial charge in [-0.3, -0.25) is 4.98 Å². The van der Waals surface area contributed by atoms with Crippen LogP contribution in [0.5, 0.6) is 5.75 Å². The highest BCUT2D eigenvalue weighted by atomic mass is 16.5. The number of carbonyl (C=O) groups is 1. The number of methoxy groups -OCH3 is 1. The molecule has 2 rings (SSSR count). The van der Waals surface area contributed by atoms with Gasteiger partial charge in [-0.1, -0.05) is 6.07 Å². The van der Waals surface area contributed by atoms with Gasteiger partial charge in [-0.05, 0) is 18.2 Å². The van der Waals surface area contributed by atoms with Gasteiger partial charge in [0.15, 0.2) is 0 Å². The van der Waals surface area contributed by atoms with Crippen LogP contribution < -0.4 is 4.74 Å². The number of carboxylic acids is 1. The molecule has 2 aromatic rings. The van der Waals surface area contributed by atoms with Gasteiger partial charge in [-0.15, -0.1) is 0 Å². The van der Waals surface area contributed by atoms with E-state index in [1.165, 1.54) is 6.07 Å². The van der Waals surface area contributed by atoms with Crippen molar-refractivity contribution < 1.29 is 14.6 Å². The molecule has 0 fully saturated rings. The van der Waals surface area contributed by atoms with Crippen LogP contribution in [0, 0.1) is 0 Å². The Morgan fingerprint density at radius 1 is 1.40 bits per heavy atom. The van der Waals surface area contributed by atoms with Gasteiger partial charge in [0.2, 0.25) is 0 Å². The molecule has 0 aliphatic heterocycles. The molecule has 0 bridgehead atoms. The Morgan fingerprint density at radius 2 is 2.20 bits per heavy atom. The number of nitrogens with zero attached hydrogens (tertiary/aromatic N) is 1. The molecule has 1 heterocycles. The van der Waals surface area contributed by atoms with Crippen LogP contribution in [0.3, 0.4) is 0 Å². The van der Waals surface area contributed by atoms with Gasteiger partial charge in [0.05, 0.1) is 24.4 Å². The maximum atomic E-state index is 10.7. The minimum absolute atomic E-state index is 0.236. The number of aromatic nitrogens is 1. The summed E-state index contributed by atoms with van der Waals surface area (Å²) < 4.78 is 5.02. The summed E-state index contributed by atoms with van der Waals surface area (Å²) in [5.74, 6) is -0.292. The fourth-order valence-corrected chi connectivity index (χ4v) is 1.35. The third kappa shape index (κ3) is 1.74. The second-order valence-corrected chi connectivity index (χ2v) is 3.09. The molecule has 1 N–H and O–H groups in total. The summed E-state index contributed by atoms with van der Waals surface area (Å²) in [6.45, 7) is 0. The van der Waals surface area contributed by atoms with Crippen molar-refractivity contribution in [1.82, 2.24) is 4.98 Å². The summed E-state index contributed by atoms with van der Waals surface area (Å²) in [4.78, 5) is 14.8. The summed E-state index contributed by atoms with van der Waals surface area (Å²) in [7, 11) is 1.56. The SMILES string of the molecule is COc1cnc2cc(C(=O)O)ccc2c1. The van der Waals surface area contributed by atoms with E-state index in [4.69, 9.17) is 9.84 Å². The van der Waals surface area contributed by atoms with Crippen molar-refractivity contribution in [2.75, 3.05) is 7.11 Å². The predicted molar refractivity (Wildman–Crippen MR) is 55.3 cm³/mol. The highest BCUT2D eigenvalue weighted by Crippen LogP contribution is 2.19. The third-order valence-corrected chi connectivity index (χ3v) is 2.14. The first kappa shape index (κ1) is 9.45. The van der Waals surface area contributed by atoms with Gasteiger partial charge in [-0.25, -0.2) is 4.79 Å². The molecule has 1 aromatic heterocycles. The number of benzene rings is 1. The van der Waals surface area contributed by atoms with Crippen molar-refractivity contribution in [2.45, 2.75) is 0 Å². The molecule has 15 heavy (non-hydrogen) atoms. The number of fused-ring (bicyclic) bond motifs is 1. The van der Waals surface area contributed by atoms with Gasteiger partial charge in [0.25, 0.3) is 0 Å². The number of hydrogen-bond acceptors (Lipinski definition) is 3. The van der Waals surface area contributed by atoms with Crippen LogP contribution in [0.2, 0.25) is 0 Å². The van der Waals surface area contributed by atoms with Crippen molar-refractivity contribution in [3.8, 4) is 5.75 Å². The van der Waals surface area contributed by atoms with E-state index in [0.717, 1.165) is 5.39 Å². The van der Waals surface area contributed by atoms with E-state index >= 15 is 0 Å². The largest absolute Gasteiger partial charge is 0.495 e. The third-order valence-electron chi connectivity index (χ3n) is 2.14.